The van der Waals surface area contributed by atoms with Gasteiger partial charge in [0.1, 0.15) is 12.4 Å². The van der Waals surface area contributed by atoms with Gasteiger partial charge >= 0.3 is 12.0 Å². The number of anilines is 2. The summed E-state index contributed by atoms with van der Waals surface area (Å²) in [7, 11) is 0. The van der Waals surface area contributed by atoms with Gasteiger partial charge in [-0.25, -0.2) is 19.6 Å². The molecular weight excluding hydrogens is 803 g/mol. The number of carboxylic acid groups (broad SMARTS) is 1. The Morgan fingerprint density at radius 2 is 1.92 bits per heavy atom. The summed E-state index contributed by atoms with van der Waals surface area (Å²) in [5.41, 5.74) is 4.66. The molecule has 3 aromatic heterocycles. The number of benzene rings is 1. The smallest absolute Gasteiger partial charge is 0.355 e. The maximum atomic E-state index is 13.5. The van der Waals surface area contributed by atoms with E-state index in [1.165, 1.54) is 17.8 Å². The quantitative estimate of drug-likeness (QED) is 0.119. The Bertz CT molecular complexity index is 2130. The number of alkyl halides is 1. The highest BCUT2D eigenvalue weighted by Gasteiger charge is 2.67. The summed E-state index contributed by atoms with van der Waals surface area (Å²) >= 11 is 4.04. The van der Waals surface area contributed by atoms with Crippen LogP contribution in [0.4, 0.5) is 15.6 Å². The molecule has 11 nitrogen and oxygen atoms in total. The summed E-state index contributed by atoms with van der Waals surface area (Å²) in [6.45, 7) is 16.3. The zero-order valence-corrected chi connectivity index (χ0v) is 33.2. The molecule has 4 saturated carbocycles. The van der Waals surface area contributed by atoms with Crippen LogP contribution in [-0.4, -0.2) is 65.6 Å². The first kappa shape index (κ1) is 35.9. The van der Waals surface area contributed by atoms with Crippen molar-refractivity contribution >= 4 is 68.9 Å². The lowest BCUT2D eigenvalue weighted by atomic mass is 9.43. The molecule has 53 heavy (non-hydrogen) atoms. The van der Waals surface area contributed by atoms with E-state index in [1.54, 1.807) is 35.4 Å². The number of nitrogens with zero attached hydrogens (tertiary/aromatic N) is 5. The van der Waals surface area contributed by atoms with Gasteiger partial charge in [0.05, 0.1) is 40.3 Å². The average Bonchev–Trinajstić information content (AvgIpc) is 3.67. The van der Waals surface area contributed by atoms with E-state index >= 15 is 0 Å². The number of rotatable bonds is 10. The molecule has 13 heteroatoms. The van der Waals surface area contributed by atoms with Crippen molar-refractivity contribution in [2.24, 2.45) is 10.8 Å². The van der Waals surface area contributed by atoms with E-state index in [4.69, 9.17) is 14.6 Å². The van der Waals surface area contributed by atoms with E-state index in [0.717, 1.165) is 61.4 Å². The average molecular weight is 847 g/mol. The predicted octanol–water partition coefficient (Wildman–Crippen LogP) is 9.12. The number of pyridine rings is 1. The number of aromatic nitrogens is 4. The standard InChI is InChI=1S/C40H43IN6O5S/c1-6-28-32(7-2)53-35(44-28)45-36(50)46-13-14-51-31-12-9-25(15-30(31)46)29-11-10-26(33(43-29)34(48)49)27-16-42-47(24(27)4)23-38-17-37(5)18-39(41,20-38)22-40(19-37,21-38)52-8-3/h6-7,9-12,15-16H,1-2,8,13-14,17-23H2,3-5H3,(H,48,49)(H,44,45,50). The maximum absolute atomic E-state index is 13.5. The lowest BCUT2D eigenvalue weighted by Gasteiger charge is -2.68. The summed E-state index contributed by atoms with van der Waals surface area (Å²) in [6, 6.07) is 8.68. The number of halogens is 1. The van der Waals surface area contributed by atoms with Crippen LogP contribution in [0.3, 0.4) is 0 Å². The van der Waals surface area contributed by atoms with Crippen LogP contribution in [0.5, 0.6) is 5.75 Å². The van der Waals surface area contributed by atoms with E-state index in [1.807, 2.05) is 25.1 Å². The van der Waals surface area contributed by atoms with Crippen LogP contribution in [0.25, 0.3) is 34.5 Å². The SMILES string of the molecule is C=Cc1nc(NC(=O)N2CCOc3ccc(-c4ccc(-c5cnn(CC67CC8(C)CC(I)(C6)CC(OCC)(C8)C7)c5C)c(C(=O)O)n4)cc32)sc1C=C. The summed E-state index contributed by atoms with van der Waals surface area (Å²) in [6.07, 6.45) is 11.8. The van der Waals surface area contributed by atoms with E-state index in [-0.39, 0.29) is 31.6 Å². The van der Waals surface area contributed by atoms with Gasteiger partial charge < -0.3 is 14.6 Å². The molecule has 4 atom stereocenters. The Hall–Kier alpha value is -4.08. The predicted molar refractivity (Wildman–Crippen MR) is 216 cm³/mol. The summed E-state index contributed by atoms with van der Waals surface area (Å²) in [5, 5.41) is 18.6. The van der Waals surface area contributed by atoms with Crippen molar-refractivity contribution in [2.45, 2.75) is 74.9 Å². The monoisotopic (exact) mass is 846 g/mol. The number of thiazole rings is 1. The van der Waals surface area contributed by atoms with Crippen LogP contribution in [0, 0.1) is 17.8 Å². The van der Waals surface area contributed by atoms with Gasteiger partial charge in [-0.1, -0.05) is 54.0 Å². The molecular formula is C40H43IN6O5S. The van der Waals surface area contributed by atoms with Crippen LogP contribution in [0.2, 0.25) is 0 Å². The van der Waals surface area contributed by atoms with Crippen LogP contribution < -0.4 is 15.0 Å². The number of fused-ring (bicyclic) bond motifs is 1. The Kier molecular flexibility index (Phi) is 8.84. The first-order valence-corrected chi connectivity index (χ1v) is 19.9. The molecule has 4 aliphatic carbocycles. The molecule has 9 rings (SSSR count). The number of nitrogens with one attached hydrogen (secondary N) is 1. The minimum atomic E-state index is -1.13. The van der Waals surface area contributed by atoms with Crippen molar-refractivity contribution in [3.05, 3.63) is 71.6 Å². The van der Waals surface area contributed by atoms with Gasteiger partial charge in [0.15, 0.2) is 10.8 Å². The zero-order valence-electron chi connectivity index (χ0n) is 30.2. The third-order valence-corrected chi connectivity index (χ3v) is 13.5. The molecule has 4 heterocycles. The minimum Gasteiger partial charge on any atom is -0.490 e. The van der Waals surface area contributed by atoms with Gasteiger partial charge in [-0.05, 0) is 106 Å². The second-order valence-corrected chi connectivity index (χ2v) is 18.9. The van der Waals surface area contributed by atoms with Crippen molar-refractivity contribution in [3.63, 3.8) is 0 Å². The lowest BCUT2D eigenvalue weighted by molar-refractivity contribution is -0.209. The van der Waals surface area contributed by atoms with Crippen LogP contribution in [0.15, 0.2) is 49.7 Å². The van der Waals surface area contributed by atoms with Crippen LogP contribution in [0.1, 0.15) is 79.1 Å². The molecule has 1 aromatic carbocycles. The number of ether oxygens (including phenoxy) is 2. The third-order valence-electron chi connectivity index (χ3n) is 11.4. The van der Waals surface area contributed by atoms with Crippen molar-refractivity contribution in [2.75, 3.05) is 30.0 Å². The molecule has 0 saturated heterocycles. The maximum Gasteiger partial charge on any atom is 0.355 e. The topological polar surface area (TPSA) is 132 Å². The number of hydrogen-bond acceptors (Lipinski definition) is 8. The number of hydrogen-bond donors (Lipinski definition) is 2. The van der Waals surface area contributed by atoms with E-state index in [2.05, 4.69) is 69.6 Å². The Morgan fingerprint density at radius 1 is 1.09 bits per heavy atom. The molecule has 5 aliphatic rings. The number of aromatic carboxylic acids is 1. The fourth-order valence-electron chi connectivity index (χ4n) is 10.4. The van der Waals surface area contributed by atoms with Crippen LogP contribution in [-0.2, 0) is 11.3 Å². The summed E-state index contributed by atoms with van der Waals surface area (Å²) in [4.78, 5) is 37.8. The molecule has 2 N–H and O–H groups in total. The number of carbonyl (C=O) groups excluding carboxylic acids is 1. The number of carboxylic acids is 1. The Balaban J connectivity index is 1.07. The molecule has 1 aliphatic heterocycles. The summed E-state index contributed by atoms with van der Waals surface area (Å²) < 4.78 is 14.7. The fourth-order valence-corrected chi connectivity index (χ4v) is 13.6. The second-order valence-electron chi connectivity index (χ2n) is 15.6. The molecule has 4 fully saturated rings. The Labute approximate surface area is 326 Å². The molecule has 4 unspecified atom stereocenters. The van der Waals surface area contributed by atoms with Gasteiger partial charge in [-0.15, -0.1) is 0 Å². The largest absolute Gasteiger partial charge is 0.490 e. The lowest BCUT2D eigenvalue weighted by Crippen LogP contribution is -2.65. The molecule has 2 amide bonds. The van der Waals surface area contributed by atoms with Crippen molar-refractivity contribution in [1.29, 1.82) is 0 Å². The number of urea groups is 1. The molecule has 0 spiro atoms. The fraction of sp³-hybridized carbons (Fsp3) is 0.425. The highest BCUT2D eigenvalue weighted by atomic mass is 127. The van der Waals surface area contributed by atoms with E-state index < -0.39 is 5.97 Å². The van der Waals surface area contributed by atoms with Gasteiger partial charge in [-0.2, -0.15) is 5.10 Å². The zero-order chi connectivity index (χ0) is 37.3. The van der Waals surface area contributed by atoms with Gasteiger partial charge in [0.2, 0.25) is 0 Å². The number of carbonyl (C=O) groups is 2. The van der Waals surface area contributed by atoms with Crippen molar-refractivity contribution in [1.82, 2.24) is 19.7 Å². The van der Waals surface area contributed by atoms with Gasteiger partial charge in [0, 0.05) is 39.0 Å². The molecule has 4 bridgehead atoms. The first-order chi connectivity index (χ1) is 25.3. The molecule has 276 valence electrons. The third kappa shape index (κ3) is 6.37. The van der Waals surface area contributed by atoms with Gasteiger partial charge in [-0.3, -0.25) is 14.9 Å². The summed E-state index contributed by atoms with van der Waals surface area (Å²) in [5.74, 6) is -0.586. The first-order valence-electron chi connectivity index (χ1n) is 18.0. The van der Waals surface area contributed by atoms with Crippen molar-refractivity contribution in [3.8, 4) is 28.1 Å². The normalized spacial score (nSPS) is 26.9. The highest BCUT2D eigenvalue weighted by Crippen LogP contribution is 2.71. The van der Waals surface area contributed by atoms with Gasteiger partial charge in [0.25, 0.3) is 0 Å². The second kappa shape index (κ2) is 13.0. The molecule has 4 aromatic rings. The number of amides is 2. The van der Waals surface area contributed by atoms with Crippen molar-refractivity contribution < 1.29 is 24.2 Å². The Morgan fingerprint density at radius 3 is 2.64 bits per heavy atom. The van der Waals surface area contributed by atoms with Crippen LogP contribution >= 0.6 is 33.9 Å². The van der Waals surface area contributed by atoms with E-state index in [0.29, 0.717) is 52.2 Å². The molecule has 0 radical (unpaired) electrons. The highest BCUT2D eigenvalue weighted by molar-refractivity contribution is 14.1. The minimum absolute atomic E-state index is 0.0580. The van der Waals surface area contributed by atoms with E-state index in [9.17, 15) is 14.7 Å².